The summed E-state index contributed by atoms with van der Waals surface area (Å²) in [5, 5.41) is 4.02. The minimum absolute atomic E-state index is 0.0600. The van der Waals surface area contributed by atoms with Crippen LogP contribution >= 0.6 is 0 Å². The van der Waals surface area contributed by atoms with Crippen molar-refractivity contribution in [3.8, 4) is 0 Å². The maximum Gasteiger partial charge on any atom is 0.239 e. The molecule has 4 heteroatoms. The standard InChI is InChI=1S/C17H23N3O/c1-12(2)19-9-8-16-14(10-19)13-6-4-5-7-15(13)20(16)11-17(21)18-3/h4-7,12H,8-11H2,1-3H3,(H,18,21). The Bertz CT molecular complexity index is 672. The number of fused-ring (bicyclic) bond motifs is 3. The lowest BCUT2D eigenvalue weighted by molar-refractivity contribution is -0.121. The number of nitrogens with zero attached hydrogens (tertiary/aromatic N) is 2. The summed E-state index contributed by atoms with van der Waals surface area (Å²) < 4.78 is 2.20. The number of hydrogen-bond acceptors (Lipinski definition) is 2. The molecular formula is C17H23N3O. The Morgan fingerprint density at radius 3 is 2.81 bits per heavy atom. The summed E-state index contributed by atoms with van der Waals surface area (Å²) in [4.78, 5) is 14.3. The first-order valence-corrected chi connectivity index (χ1v) is 7.65. The number of nitrogens with one attached hydrogen (secondary N) is 1. The van der Waals surface area contributed by atoms with Gasteiger partial charge in [-0.3, -0.25) is 9.69 Å². The van der Waals surface area contributed by atoms with Crippen molar-refractivity contribution in [2.24, 2.45) is 0 Å². The number of likely N-dealkylation sites (N-methyl/N-ethyl adjacent to an activating group) is 1. The van der Waals surface area contributed by atoms with Gasteiger partial charge in [0.15, 0.2) is 0 Å². The van der Waals surface area contributed by atoms with E-state index in [0.717, 1.165) is 19.5 Å². The highest BCUT2D eigenvalue weighted by Crippen LogP contribution is 2.31. The normalized spacial score (nSPS) is 15.4. The van der Waals surface area contributed by atoms with Gasteiger partial charge in [-0.2, -0.15) is 0 Å². The van der Waals surface area contributed by atoms with Crippen LogP contribution in [0, 0.1) is 0 Å². The van der Waals surface area contributed by atoms with Gasteiger partial charge in [-0.05, 0) is 25.5 Å². The van der Waals surface area contributed by atoms with Crippen molar-refractivity contribution in [1.82, 2.24) is 14.8 Å². The zero-order valence-electron chi connectivity index (χ0n) is 13.0. The molecule has 0 saturated heterocycles. The molecule has 0 fully saturated rings. The molecule has 1 amide bonds. The van der Waals surface area contributed by atoms with E-state index >= 15 is 0 Å². The average molecular weight is 285 g/mol. The Kier molecular flexibility index (Phi) is 3.72. The van der Waals surface area contributed by atoms with Crippen molar-refractivity contribution in [2.45, 2.75) is 39.4 Å². The van der Waals surface area contributed by atoms with E-state index in [2.05, 4.69) is 46.8 Å². The maximum absolute atomic E-state index is 11.8. The Labute approximate surface area is 125 Å². The molecular weight excluding hydrogens is 262 g/mol. The van der Waals surface area contributed by atoms with E-state index in [1.807, 2.05) is 6.07 Å². The maximum atomic E-state index is 11.8. The largest absolute Gasteiger partial charge is 0.358 e. The van der Waals surface area contributed by atoms with Crippen molar-refractivity contribution >= 4 is 16.8 Å². The topological polar surface area (TPSA) is 37.3 Å². The van der Waals surface area contributed by atoms with E-state index in [1.165, 1.54) is 22.2 Å². The van der Waals surface area contributed by atoms with E-state index in [9.17, 15) is 4.79 Å². The minimum atomic E-state index is 0.0600. The van der Waals surface area contributed by atoms with Crippen molar-refractivity contribution in [3.05, 3.63) is 35.5 Å². The highest BCUT2D eigenvalue weighted by Gasteiger charge is 2.25. The van der Waals surface area contributed by atoms with Gasteiger partial charge >= 0.3 is 0 Å². The van der Waals surface area contributed by atoms with Crippen LogP contribution in [0.15, 0.2) is 24.3 Å². The van der Waals surface area contributed by atoms with E-state index in [-0.39, 0.29) is 5.91 Å². The second-order valence-electron chi connectivity index (χ2n) is 6.02. The van der Waals surface area contributed by atoms with E-state index < -0.39 is 0 Å². The smallest absolute Gasteiger partial charge is 0.239 e. The van der Waals surface area contributed by atoms with Crippen LogP contribution in [0.5, 0.6) is 0 Å². The van der Waals surface area contributed by atoms with Gasteiger partial charge in [-0.25, -0.2) is 0 Å². The molecule has 1 aliphatic heterocycles. The van der Waals surface area contributed by atoms with E-state index in [0.29, 0.717) is 12.6 Å². The number of carbonyl (C=O) groups excluding carboxylic acids is 1. The third-order valence-corrected chi connectivity index (χ3v) is 4.50. The molecule has 0 atom stereocenters. The molecule has 1 aromatic carbocycles. The van der Waals surface area contributed by atoms with Crippen LogP contribution in [0.3, 0.4) is 0 Å². The van der Waals surface area contributed by atoms with Crippen molar-refractivity contribution < 1.29 is 4.79 Å². The van der Waals surface area contributed by atoms with Crippen molar-refractivity contribution in [1.29, 1.82) is 0 Å². The van der Waals surface area contributed by atoms with E-state index in [1.54, 1.807) is 7.05 Å². The number of rotatable bonds is 3. The number of benzene rings is 1. The van der Waals surface area contributed by atoms with Crippen LogP contribution in [0.2, 0.25) is 0 Å². The fraction of sp³-hybridized carbons (Fsp3) is 0.471. The fourth-order valence-electron chi connectivity index (χ4n) is 3.27. The molecule has 3 rings (SSSR count). The lowest BCUT2D eigenvalue weighted by Crippen LogP contribution is -2.36. The summed E-state index contributed by atoms with van der Waals surface area (Å²) >= 11 is 0. The number of aromatic nitrogens is 1. The van der Waals surface area contributed by atoms with Crippen molar-refractivity contribution in [3.63, 3.8) is 0 Å². The first kappa shape index (κ1) is 14.1. The molecule has 0 saturated carbocycles. The molecule has 1 N–H and O–H groups in total. The Hall–Kier alpha value is -1.81. The zero-order valence-corrected chi connectivity index (χ0v) is 13.0. The SMILES string of the molecule is CNC(=O)Cn1c2c(c3ccccc31)CN(C(C)C)CC2. The summed E-state index contributed by atoms with van der Waals surface area (Å²) in [5.41, 5.74) is 3.91. The van der Waals surface area contributed by atoms with Gasteiger partial charge in [0.1, 0.15) is 6.54 Å². The van der Waals surface area contributed by atoms with Gasteiger partial charge in [0.25, 0.3) is 0 Å². The first-order valence-electron chi connectivity index (χ1n) is 7.65. The lowest BCUT2D eigenvalue weighted by atomic mass is 10.0. The van der Waals surface area contributed by atoms with Crippen LogP contribution in [-0.4, -0.2) is 35.0 Å². The minimum Gasteiger partial charge on any atom is -0.358 e. The Morgan fingerprint density at radius 2 is 2.10 bits per heavy atom. The lowest BCUT2D eigenvalue weighted by Gasteiger charge is -2.31. The second-order valence-corrected chi connectivity index (χ2v) is 6.02. The molecule has 1 aromatic heterocycles. The van der Waals surface area contributed by atoms with Crippen LogP contribution in [0.4, 0.5) is 0 Å². The van der Waals surface area contributed by atoms with Crippen LogP contribution in [0.1, 0.15) is 25.1 Å². The third kappa shape index (κ3) is 2.44. The summed E-state index contributed by atoms with van der Waals surface area (Å²) in [6, 6.07) is 8.99. The van der Waals surface area contributed by atoms with Crippen LogP contribution in [-0.2, 0) is 24.3 Å². The average Bonchev–Trinajstić information content (AvgIpc) is 2.81. The van der Waals surface area contributed by atoms with Crippen LogP contribution in [0.25, 0.3) is 10.9 Å². The van der Waals surface area contributed by atoms with Crippen LogP contribution < -0.4 is 5.32 Å². The highest BCUT2D eigenvalue weighted by atomic mass is 16.1. The van der Waals surface area contributed by atoms with Gasteiger partial charge in [0.05, 0.1) is 0 Å². The number of amides is 1. The molecule has 2 aromatic rings. The fourth-order valence-corrected chi connectivity index (χ4v) is 3.27. The molecule has 0 spiro atoms. The monoisotopic (exact) mass is 285 g/mol. The first-order chi connectivity index (χ1) is 10.1. The van der Waals surface area contributed by atoms with Gasteiger partial charge in [-0.15, -0.1) is 0 Å². The number of hydrogen-bond donors (Lipinski definition) is 1. The quantitative estimate of drug-likeness (QED) is 0.938. The molecule has 1 aliphatic rings. The highest BCUT2D eigenvalue weighted by molar-refractivity contribution is 5.87. The summed E-state index contributed by atoms with van der Waals surface area (Å²) in [5.74, 6) is 0.0600. The van der Waals surface area contributed by atoms with Gasteiger partial charge in [-0.1, -0.05) is 18.2 Å². The molecule has 112 valence electrons. The number of para-hydroxylation sites is 1. The molecule has 21 heavy (non-hydrogen) atoms. The Balaban J connectivity index is 2.10. The van der Waals surface area contributed by atoms with Crippen molar-refractivity contribution in [2.75, 3.05) is 13.6 Å². The molecule has 0 aliphatic carbocycles. The molecule has 0 unspecified atom stereocenters. The third-order valence-electron chi connectivity index (χ3n) is 4.50. The van der Waals surface area contributed by atoms with E-state index in [4.69, 9.17) is 0 Å². The Morgan fingerprint density at radius 1 is 1.33 bits per heavy atom. The predicted octanol–water partition coefficient (Wildman–Crippen LogP) is 2.15. The molecule has 0 radical (unpaired) electrons. The molecule has 0 bridgehead atoms. The van der Waals surface area contributed by atoms with Gasteiger partial charge < -0.3 is 9.88 Å². The predicted molar refractivity (Wildman–Crippen MR) is 85.3 cm³/mol. The van der Waals surface area contributed by atoms with Gasteiger partial charge in [0, 0.05) is 49.2 Å². The summed E-state index contributed by atoms with van der Waals surface area (Å²) in [6.07, 6.45) is 1.01. The number of carbonyl (C=O) groups is 1. The second kappa shape index (κ2) is 5.53. The van der Waals surface area contributed by atoms with Gasteiger partial charge in [0.2, 0.25) is 5.91 Å². The molecule has 4 nitrogen and oxygen atoms in total. The zero-order chi connectivity index (χ0) is 15.0. The summed E-state index contributed by atoms with van der Waals surface area (Å²) in [7, 11) is 1.70. The molecule has 2 heterocycles. The summed E-state index contributed by atoms with van der Waals surface area (Å²) in [6.45, 7) is 6.94.